The molecule has 1 spiro atoms. The molecule has 2 saturated heterocycles. The third kappa shape index (κ3) is 3.52. The maximum Gasteiger partial charge on any atom is 0.151 e. The van der Waals surface area contributed by atoms with E-state index in [9.17, 15) is 5.26 Å². The van der Waals surface area contributed by atoms with Crippen LogP contribution in [0, 0.1) is 23.7 Å². The zero-order valence-corrected chi connectivity index (χ0v) is 21.1. The molecule has 0 unspecified atom stereocenters. The summed E-state index contributed by atoms with van der Waals surface area (Å²) in [5.74, 6) is 3.45. The van der Waals surface area contributed by atoms with Gasteiger partial charge in [0, 0.05) is 48.6 Å². The van der Waals surface area contributed by atoms with Crippen LogP contribution in [-0.4, -0.2) is 57.0 Å². The van der Waals surface area contributed by atoms with Gasteiger partial charge in [-0.1, -0.05) is 11.6 Å². The van der Waals surface area contributed by atoms with E-state index >= 15 is 0 Å². The lowest BCUT2D eigenvalue weighted by Gasteiger charge is -2.59. The number of fused-ring (bicyclic) bond motifs is 3. The molecular formula is C27H28ClN7O. The highest BCUT2D eigenvalue weighted by Crippen LogP contribution is 2.56. The van der Waals surface area contributed by atoms with E-state index in [2.05, 4.69) is 37.6 Å². The third-order valence-electron chi connectivity index (χ3n) is 8.47. The Kier molecular flexibility index (Phi) is 5.11. The fraction of sp³-hybridized carbons (Fsp3) is 0.481. The van der Waals surface area contributed by atoms with Crippen LogP contribution in [0.15, 0.2) is 30.3 Å². The van der Waals surface area contributed by atoms with Gasteiger partial charge in [-0.2, -0.15) is 5.26 Å². The second-order valence-electron chi connectivity index (χ2n) is 10.9. The van der Waals surface area contributed by atoms with E-state index in [0.29, 0.717) is 22.9 Å². The standard InChI is InChI=1S/C27H28ClN7O/c1-17-18(11-29)2-5-24(30-17)34-15-27(16-34)9-20(10-27)26-32-31-25-13-33(22-6-7-36-14-22)12-19-8-21(28)3-4-23(19)35(25)26/h2-5,8,20,22H,6-7,9-10,12-16H2,1H3/t22-/m0/s1. The van der Waals surface area contributed by atoms with Crippen molar-refractivity contribution in [2.24, 2.45) is 5.41 Å². The molecule has 0 bridgehead atoms. The first-order chi connectivity index (χ1) is 17.5. The molecule has 8 nitrogen and oxygen atoms in total. The number of nitriles is 1. The number of pyridine rings is 1. The minimum absolute atomic E-state index is 0.321. The first-order valence-corrected chi connectivity index (χ1v) is 13.1. The topological polar surface area (TPSA) is 83.1 Å². The SMILES string of the molecule is Cc1nc(N2CC3(CC(c4nnc5n4-c4ccc(Cl)cc4CN([C@H]4CCOC4)C5)C3)C2)ccc1C#N. The van der Waals surface area contributed by atoms with Crippen LogP contribution in [0.1, 0.15) is 53.7 Å². The minimum Gasteiger partial charge on any atom is -0.380 e. The summed E-state index contributed by atoms with van der Waals surface area (Å²) >= 11 is 6.42. The van der Waals surface area contributed by atoms with Gasteiger partial charge in [0.05, 0.1) is 30.1 Å². The van der Waals surface area contributed by atoms with Crippen molar-refractivity contribution >= 4 is 17.4 Å². The van der Waals surface area contributed by atoms with Crippen molar-refractivity contribution in [2.75, 3.05) is 31.2 Å². The first kappa shape index (κ1) is 22.2. The quantitative estimate of drug-likeness (QED) is 0.536. The van der Waals surface area contributed by atoms with Gasteiger partial charge in [-0.3, -0.25) is 9.47 Å². The molecule has 5 heterocycles. The number of hydrogen-bond acceptors (Lipinski definition) is 7. The molecule has 36 heavy (non-hydrogen) atoms. The highest BCUT2D eigenvalue weighted by atomic mass is 35.5. The van der Waals surface area contributed by atoms with Crippen LogP contribution in [0.4, 0.5) is 5.82 Å². The lowest BCUT2D eigenvalue weighted by atomic mass is 9.57. The summed E-state index contributed by atoms with van der Waals surface area (Å²) < 4.78 is 7.99. The van der Waals surface area contributed by atoms with Crippen LogP contribution in [0.2, 0.25) is 5.02 Å². The Balaban J connectivity index is 1.12. The molecule has 7 rings (SSSR count). The number of nitrogens with zero attached hydrogens (tertiary/aromatic N) is 7. The molecule has 9 heteroatoms. The number of rotatable bonds is 3. The molecule has 0 amide bonds. The van der Waals surface area contributed by atoms with Crippen molar-refractivity contribution in [2.45, 2.75) is 51.2 Å². The van der Waals surface area contributed by atoms with Gasteiger partial charge in [-0.15, -0.1) is 10.2 Å². The van der Waals surface area contributed by atoms with Gasteiger partial charge in [-0.05, 0) is 62.1 Å². The summed E-state index contributed by atoms with van der Waals surface area (Å²) in [4.78, 5) is 9.45. The number of halogens is 1. The summed E-state index contributed by atoms with van der Waals surface area (Å²) in [5, 5.41) is 19.4. The summed E-state index contributed by atoms with van der Waals surface area (Å²) in [6.45, 7) is 7.11. The highest BCUT2D eigenvalue weighted by Gasteiger charge is 2.54. The predicted octanol–water partition coefficient (Wildman–Crippen LogP) is 3.98. The average molecular weight is 502 g/mol. The molecule has 3 aromatic rings. The van der Waals surface area contributed by atoms with E-state index in [1.807, 2.05) is 25.1 Å². The van der Waals surface area contributed by atoms with Gasteiger partial charge in [0.2, 0.25) is 0 Å². The molecule has 1 aromatic carbocycles. The van der Waals surface area contributed by atoms with Gasteiger partial charge in [0.25, 0.3) is 0 Å². The molecule has 3 fully saturated rings. The van der Waals surface area contributed by atoms with Gasteiger partial charge in [0.1, 0.15) is 17.7 Å². The number of aryl methyl sites for hydroxylation is 1. The molecule has 3 aliphatic heterocycles. The zero-order valence-electron chi connectivity index (χ0n) is 20.3. The lowest BCUT2D eigenvalue weighted by Crippen LogP contribution is -2.62. The Morgan fingerprint density at radius 3 is 2.75 bits per heavy atom. The lowest BCUT2D eigenvalue weighted by molar-refractivity contribution is 0.0581. The molecule has 0 radical (unpaired) electrons. The maximum absolute atomic E-state index is 9.18. The Labute approximate surface area is 215 Å². The molecule has 2 aromatic heterocycles. The van der Waals surface area contributed by atoms with Crippen LogP contribution < -0.4 is 4.90 Å². The number of anilines is 1. The van der Waals surface area contributed by atoms with Crippen LogP contribution in [0.5, 0.6) is 0 Å². The Morgan fingerprint density at radius 1 is 1.14 bits per heavy atom. The fourth-order valence-electron chi connectivity index (χ4n) is 6.58. The van der Waals surface area contributed by atoms with E-state index in [1.165, 1.54) is 5.56 Å². The monoisotopic (exact) mass is 501 g/mol. The van der Waals surface area contributed by atoms with Gasteiger partial charge < -0.3 is 9.64 Å². The summed E-state index contributed by atoms with van der Waals surface area (Å²) in [6, 6.07) is 12.6. The van der Waals surface area contributed by atoms with E-state index in [4.69, 9.17) is 26.5 Å². The van der Waals surface area contributed by atoms with Crippen LogP contribution in [0.25, 0.3) is 5.69 Å². The van der Waals surface area contributed by atoms with E-state index < -0.39 is 0 Å². The van der Waals surface area contributed by atoms with Crippen molar-refractivity contribution in [3.8, 4) is 11.8 Å². The van der Waals surface area contributed by atoms with Crippen LogP contribution >= 0.6 is 11.6 Å². The van der Waals surface area contributed by atoms with Crippen molar-refractivity contribution in [1.82, 2.24) is 24.6 Å². The fourth-order valence-corrected chi connectivity index (χ4v) is 6.77. The van der Waals surface area contributed by atoms with Gasteiger partial charge in [-0.25, -0.2) is 4.98 Å². The Morgan fingerprint density at radius 2 is 2.00 bits per heavy atom. The van der Waals surface area contributed by atoms with Crippen LogP contribution in [-0.2, 0) is 17.8 Å². The summed E-state index contributed by atoms with van der Waals surface area (Å²) in [6.07, 6.45) is 3.27. The van der Waals surface area contributed by atoms with Crippen molar-refractivity contribution in [1.29, 1.82) is 5.26 Å². The van der Waals surface area contributed by atoms with E-state index in [0.717, 1.165) is 92.5 Å². The van der Waals surface area contributed by atoms with Crippen molar-refractivity contribution in [3.05, 3.63) is 63.8 Å². The third-order valence-corrected chi connectivity index (χ3v) is 8.70. The number of benzene rings is 1. The molecule has 1 atom stereocenters. The second kappa shape index (κ2) is 8.27. The molecule has 184 valence electrons. The Hall–Kier alpha value is -2.99. The zero-order chi connectivity index (χ0) is 24.4. The second-order valence-corrected chi connectivity index (χ2v) is 11.3. The van der Waals surface area contributed by atoms with Gasteiger partial charge in [0.15, 0.2) is 5.82 Å². The number of hydrogen-bond donors (Lipinski definition) is 0. The first-order valence-electron chi connectivity index (χ1n) is 12.7. The smallest absolute Gasteiger partial charge is 0.151 e. The molecule has 1 saturated carbocycles. The molecular weight excluding hydrogens is 474 g/mol. The maximum atomic E-state index is 9.18. The van der Waals surface area contributed by atoms with Crippen LogP contribution in [0.3, 0.4) is 0 Å². The molecule has 1 aliphatic carbocycles. The van der Waals surface area contributed by atoms with Crippen molar-refractivity contribution < 1.29 is 4.74 Å². The Bertz CT molecular complexity index is 1380. The molecule has 0 N–H and O–H groups in total. The van der Waals surface area contributed by atoms with Gasteiger partial charge >= 0.3 is 0 Å². The van der Waals surface area contributed by atoms with Crippen molar-refractivity contribution in [3.63, 3.8) is 0 Å². The largest absolute Gasteiger partial charge is 0.380 e. The normalized spacial score (nSPS) is 22.9. The molecule has 4 aliphatic rings. The van der Waals surface area contributed by atoms with E-state index in [-0.39, 0.29) is 0 Å². The van der Waals surface area contributed by atoms with E-state index in [1.54, 1.807) is 0 Å². The predicted molar refractivity (Wildman–Crippen MR) is 135 cm³/mol. The summed E-state index contributed by atoms with van der Waals surface area (Å²) in [7, 11) is 0. The number of aromatic nitrogens is 4. The highest BCUT2D eigenvalue weighted by molar-refractivity contribution is 6.30. The average Bonchev–Trinajstić information content (AvgIpc) is 3.45. The number of ether oxygens (including phenoxy) is 1. The summed E-state index contributed by atoms with van der Waals surface area (Å²) in [5.41, 5.74) is 4.14. The minimum atomic E-state index is 0.321.